The standard InChI is InChI=1S/C62H50O10/c63-61(51-35-55(65-39-45-21-7-1-8-22-45)59(69-43-49-29-15-5-16-30-49)56(36-51)66-40-46-23-9-2-10-24-46)71-53-33-19-20-34-54(53)72-62(64)52-37-57(67-41-47-25-11-3-12-26-47)60(70-44-50-31-17-6-18-32-50)58(38-52)68-42-48-27-13-4-14-28-48/h1-38H,39-44H2. The Kier molecular flexibility index (Phi) is 16.1. The number of carbonyl (C=O) groups is 2. The second-order valence-electron chi connectivity index (χ2n) is 16.5. The summed E-state index contributed by atoms with van der Waals surface area (Å²) in [5, 5.41) is 0. The topological polar surface area (TPSA) is 108 Å². The highest BCUT2D eigenvalue weighted by molar-refractivity contribution is 5.95. The summed E-state index contributed by atoms with van der Waals surface area (Å²) in [5.74, 6) is 0.116. The van der Waals surface area contributed by atoms with Gasteiger partial charge in [0.15, 0.2) is 34.5 Å². The maximum absolute atomic E-state index is 14.4. The summed E-state index contributed by atoms with van der Waals surface area (Å²) in [5.41, 5.74) is 5.66. The summed E-state index contributed by atoms with van der Waals surface area (Å²) in [6.07, 6.45) is 0. The van der Waals surface area contributed by atoms with Crippen molar-refractivity contribution < 1.29 is 47.5 Å². The van der Waals surface area contributed by atoms with E-state index in [-0.39, 0.29) is 85.3 Å². The normalized spacial score (nSPS) is 10.7. The van der Waals surface area contributed by atoms with Crippen LogP contribution in [0.15, 0.2) is 231 Å². The van der Waals surface area contributed by atoms with Crippen LogP contribution in [0.2, 0.25) is 0 Å². The molecule has 9 aromatic rings. The number of para-hydroxylation sites is 2. The van der Waals surface area contributed by atoms with E-state index in [2.05, 4.69) is 0 Å². The van der Waals surface area contributed by atoms with Crippen molar-refractivity contribution in [1.82, 2.24) is 0 Å². The van der Waals surface area contributed by atoms with Gasteiger partial charge in [-0.15, -0.1) is 0 Å². The van der Waals surface area contributed by atoms with Crippen LogP contribution in [0.5, 0.6) is 46.0 Å². The molecular formula is C62H50O10. The van der Waals surface area contributed by atoms with E-state index >= 15 is 0 Å². The molecule has 9 rings (SSSR count). The lowest BCUT2D eigenvalue weighted by Crippen LogP contribution is -2.14. The highest BCUT2D eigenvalue weighted by atomic mass is 16.6. The first-order valence-electron chi connectivity index (χ1n) is 23.4. The van der Waals surface area contributed by atoms with Crippen molar-refractivity contribution in [2.45, 2.75) is 39.6 Å². The minimum absolute atomic E-state index is 0.0114. The van der Waals surface area contributed by atoms with Crippen molar-refractivity contribution in [2.24, 2.45) is 0 Å². The van der Waals surface area contributed by atoms with Crippen LogP contribution in [0.3, 0.4) is 0 Å². The van der Waals surface area contributed by atoms with E-state index in [1.807, 2.05) is 182 Å². The molecule has 0 aromatic heterocycles. The molecule has 0 heterocycles. The third-order valence-corrected chi connectivity index (χ3v) is 11.2. The second kappa shape index (κ2) is 24.3. The fourth-order valence-corrected chi connectivity index (χ4v) is 7.44. The van der Waals surface area contributed by atoms with Gasteiger partial charge < -0.3 is 37.9 Å². The number of hydrogen-bond donors (Lipinski definition) is 0. The molecule has 10 nitrogen and oxygen atoms in total. The van der Waals surface area contributed by atoms with Crippen LogP contribution >= 0.6 is 0 Å². The van der Waals surface area contributed by atoms with Crippen molar-refractivity contribution >= 4 is 11.9 Å². The predicted octanol–water partition coefficient (Wildman–Crippen LogP) is 13.6. The molecular weight excluding hydrogens is 905 g/mol. The molecule has 0 bridgehead atoms. The van der Waals surface area contributed by atoms with Crippen molar-refractivity contribution in [3.63, 3.8) is 0 Å². The Balaban J connectivity index is 1.02. The van der Waals surface area contributed by atoms with E-state index in [0.29, 0.717) is 11.5 Å². The first kappa shape index (κ1) is 47.8. The van der Waals surface area contributed by atoms with Gasteiger partial charge in [-0.25, -0.2) is 9.59 Å². The molecule has 0 unspecified atom stereocenters. The van der Waals surface area contributed by atoms with Crippen molar-refractivity contribution in [2.75, 3.05) is 0 Å². The van der Waals surface area contributed by atoms with E-state index in [0.717, 1.165) is 33.4 Å². The molecule has 0 radical (unpaired) electrons. The first-order valence-corrected chi connectivity index (χ1v) is 23.4. The third-order valence-electron chi connectivity index (χ3n) is 11.2. The highest BCUT2D eigenvalue weighted by Crippen LogP contribution is 2.43. The van der Waals surface area contributed by atoms with Gasteiger partial charge in [-0.05, 0) is 69.8 Å². The second-order valence-corrected chi connectivity index (χ2v) is 16.5. The van der Waals surface area contributed by atoms with Gasteiger partial charge in [-0.2, -0.15) is 0 Å². The van der Waals surface area contributed by atoms with Gasteiger partial charge in [0.05, 0.1) is 11.1 Å². The van der Waals surface area contributed by atoms with Crippen LogP contribution < -0.4 is 37.9 Å². The van der Waals surface area contributed by atoms with Crippen molar-refractivity contribution in [3.8, 4) is 46.0 Å². The minimum atomic E-state index is -0.768. The summed E-state index contributed by atoms with van der Waals surface area (Å²) in [6, 6.07) is 70.7. The van der Waals surface area contributed by atoms with Crippen LogP contribution in [0.4, 0.5) is 0 Å². The summed E-state index contributed by atoms with van der Waals surface area (Å²) in [6.45, 7) is 1.12. The zero-order valence-electron chi connectivity index (χ0n) is 39.3. The molecule has 9 aromatic carbocycles. The van der Waals surface area contributed by atoms with E-state index in [9.17, 15) is 9.59 Å². The predicted molar refractivity (Wildman–Crippen MR) is 274 cm³/mol. The van der Waals surface area contributed by atoms with Crippen LogP contribution in [-0.4, -0.2) is 11.9 Å². The molecule has 0 N–H and O–H groups in total. The lowest BCUT2D eigenvalue weighted by Gasteiger charge is -2.19. The Bertz CT molecular complexity index is 2810. The first-order chi connectivity index (χ1) is 35.5. The summed E-state index contributed by atoms with van der Waals surface area (Å²) in [4.78, 5) is 28.7. The van der Waals surface area contributed by atoms with Gasteiger partial charge in [0.1, 0.15) is 39.6 Å². The quantitative estimate of drug-likeness (QED) is 0.0481. The SMILES string of the molecule is O=C(Oc1ccccc1OC(=O)c1cc(OCc2ccccc2)c(OCc2ccccc2)c(OCc2ccccc2)c1)c1cc(OCc2ccccc2)c(OCc2ccccc2)c(OCc2ccccc2)c1. The number of benzene rings is 9. The van der Waals surface area contributed by atoms with Gasteiger partial charge in [0.2, 0.25) is 11.5 Å². The summed E-state index contributed by atoms with van der Waals surface area (Å²) < 4.78 is 50.6. The van der Waals surface area contributed by atoms with Crippen molar-refractivity contribution in [1.29, 1.82) is 0 Å². The molecule has 0 saturated carbocycles. The molecule has 0 fully saturated rings. The minimum Gasteiger partial charge on any atom is -0.485 e. The molecule has 358 valence electrons. The Hall–Kier alpha value is -9.28. The van der Waals surface area contributed by atoms with E-state index in [1.54, 1.807) is 48.5 Å². The fourth-order valence-electron chi connectivity index (χ4n) is 7.44. The van der Waals surface area contributed by atoms with Crippen LogP contribution in [-0.2, 0) is 39.6 Å². The van der Waals surface area contributed by atoms with Crippen LogP contribution in [0, 0.1) is 0 Å². The summed E-state index contributed by atoms with van der Waals surface area (Å²) >= 11 is 0. The maximum Gasteiger partial charge on any atom is 0.343 e. The van der Waals surface area contributed by atoms with Gasteiger partial charge in [-0.1, -0.05) is 194 Å². The number of ether oxygens (including phenoxy) is 8. The Morgan fingerprint density at radius 3 is 0.694 bits per heavy atom. The van der Waals surface area contributed by atoms with Gasteiger partial charge in [0.25, 0.3) is 0 Å². The van der Waals surface area contributed by atoms with Crippen molar-refractivity contribution in [3.05, 3.63) is 275 Å². The van der Waals surface area contributed by atoms with Gasteiger partial charge >= 0.3 is 11.9 Å². The monoisotopic (exact) mass is 954 g/mol. The number of rotatable bonds is 22. The third kappa shape index (κ3) is 13.3. The van der Waals surface area contributed by atoms with Crippen LogP contribution in [0.25, 0.3) is 0 Å². The molecule has 0 spiro atoms. The lowest BCUT2D eigenvalue weighted by molar-refractivity contribution is 0.0681. The highest BCUT2D eigenvalue weighted by Gasteiger charge is 2.25. The largest absolute Gasteiger partial charge is 0.485 e. The maximum atomic E-state index is 14.4. The average Bonchev–Trinajstić information content (AvgIpc) is 3.44. The van der Waals surface area contributed by atoms with Gasteiger partial charge in [0, 0.05) is 0 Å². The molecule has 72 heavy (non-hydrogen) atoms. The average molecular weight is 955 g/mol. The zero-order chi connectivity index (χ0) is 49.2. The zero-order valence-corrected chi connectivity index (χ0v) is 39.3. The molecule has 10 heteroatoms. The Morgan fingerprint density at radius 1 is 0.250 bits per heavy atom. The molecule has 0 aliphatic rings. The lowest BCUT2D eigenvalue weighted by atomic mass is 10.1. The molecule has 0 aliphatic carbocycles. The summed E-state index contributed by atoms with van der Waals surface area (Å²) in [7, 11) is 0. The Labute approximate surface area is 418 Å². The Morgan fingerprint density at radius 2 is 0.458 bits per heavy atom. The van der Waals surface area contributed by atoms with E-state index < -0.39 is 11.9 Å². The van der Waals surface area contributed by atoms with Gasteiger partial charge in [-0.3, -0.25) is 0 Å². The smallest absolute Gasteiger partial charge is 0.343 e. The number of esters is 2. The molecule has 0 aliphatic heterocycles. The van der Waals surface area contributed by atoms with E-state index in [1.165, 1.54) is 0 Å². The van der Waals surface area contributed by atoms with E-state index in [4.69, 9.17) is 37.9 Å². The number of hydrogen-bond acceptors (Lipinski definition) is 10. The number of carbonyl (C=O) groups excluding carboxylic acids is 2. The fraction of sp³-hybridized carbons (Fsp3) is 0.0968. The van der Waals surface area contributed by atoms with Crippen LogP contribution in [0.1, 0.15) is 54.1 Å². The molecule has 0 saturated heterocycles. The molecule has 0 atom stereocenters. The molecule has 0 amide bonds.